The topological polar surface area (TPSA) is 66.4 Å². The maximum atomic E-state index is 12.4. The molecule has 0 fully saturated rings. The Morgan fingerprint density at radius 3 is 2.10 bits per heavy atom. The summed E-state index contributed by atoms with van der Waals surface area (Å²) in [5, 5.41) is 11.9. The standard InChI is InChI=1S/C16H23NO3/c1-6-10(3)14(16(19)20)17-15(18)13-11(4)7-9(2)8-12(13)5/h7-8,10,14H,6H2,1-5H3,(H,17,18)(H,19,20). The van der Waals surface area contributed by atoms with E-state index in [0.717, 1.165) is 16.7 Å². The molecule has 0 saturated carbocycles. The van der Waals surface area contributed by atoms with Crippen LogP contribution in [0.25, 0.3) is 0 Å². The van der Waals surface area contributed by atoms with Gasteiger partial charge in [0.1, 0.15) is 6.04 Å². The summed E-state index contributed by atoms with van der Waals surface area (Å²) in [7, 11) is 0. The summed E-state index contributed by atoms with van der Waals surface area (Å²) in [6.45, 7) is 9.45. The van der Waals surface area contributed by atoms with Gasteiger partial charge < -0.3 is 10.4 Å². The highest BCUT2D eigenvalue weighted by Crippen LogP contribution is 2.17. The number of hydrogen-bond donors (Lipinski definition) is 2. The maximum Gasteiger partial charge on any atom is 0.326 e. The van der Waals surface area contributed by atoms with E-state index in [0.29, 0.717) is 12.0 Å². The lowest BCUT2D eigenvalue weighted by Crippen LogP contribution is -2.45. The summed E-state index contributed by atoms with van der Waals surface area (Å²) in [5.41, 5.74) is 3.40. The van der Waals surface area contributed by atoms with Crippen LogP contribution in [-0.2, 0) is 4.79 Å². The third kappa shape index (κ3) is 3.59. The average Bonchev–Trinajstić information content (AvgIpc) is 2.33. The minimum atomic E-state index is -0.991. The first-order valence-corrected chi connectivity index (χ1v) is 6.89. The Morgan fingerprint density at radius 2 is 1.70 bits per heavy atom. The summed E-state index contributed by atoms with van der Waals surface area (Å²) in [5.74, 6) is -1.41. The molecule has 0 aliphatic rings. The molecule has 0 aromatic heterocycles. The van der Waals surface area contributed by atoms with Gasteiger partial charge in [0.15, 0.2) is 0 Å². The van der Waals surface area contributed by atoms with E-state index in [1.54, 1.807) is 0 Å². The lowest BCUT2D eigenvalue weighted by Gasteiger charge is -2.21. The third-order valence-electron chi connectivity index (χ3n) is 3.67. The highest BCUT2D eigenvalue weighted by molar-refractivity contribution is 5.99. The fraction of sp³-hybridized carbons (Fsp3) is 0.500. The second kappa shape index (κ2) is 6.55. The highest BCUT2D eigenvalue weighted by atomic mass is 16.4. The first-order valence-electron chi connectivity index (χ1n) is 6.89. The number of carboxylic acids is 1. The lowest BCUT2D eigenvalue weighted by atomic mass is 9.96. The molecule has 0 spiro atoms. The SMILES string of the molecule is CCC(C)C(NC(=O)c1c(C)cc(C)cc1C)C(=O)O. The molecule has 0 heterocycles. The second-order valence-corrected chi connectivity index (χ2v) is 5.45. The maximum absolute atomic E-state index is 12.4. The van der Waals surface area contributed by atoms with E-state index >= 15 is 0 Å². The normalized spacial score (nSPS) is 13.7. The number of nitrogens with one attached hydrogen (secondary N) is 1. The number of rotatable bonds is 5. The Morgan fingerprint density at radius 1 is 1.20 bits per heavy atom. The zero-order chi connectivity index (χ0) is 15.4. The van der Waals surface area contributed by atoms with Gasteiger partial charge in [-0.05, 0) is 37.8 Å². The monoisotopic (exact) mass is 277 g/mol. The molecule has 2 unspecified atom stereocenters. The number of carbonyl (C=O) groups excluding carboxylic acids is 1. The molecule has 0 bridgehead atoms. The van der Waals surface area contributed by atoms with Crippen molar-refractivity contribution in [3.63, 3.8) is 0 Å². The Labute approximate surface area is 120 Å². The van der Waals surface area contributed by atoms with Crippen molar-refractivity contribution in [1.29, 1.82) is 0 Å². The predicted molar refractivity (Wildman–Crippen MR) is 79.0 cm³/mol. The van der Waals surface area contributed by atoms with Crippen LogP contribution in [0.2, 0.25) is 0 Å². The molecule has 110 valence electrons. The van der Waals surface area contributed by atoms with Gasteiger partial charge in [0, 0.05) is 5.56 Å². The first-order chi connectivity index (χ1) is 9.27. The summed E-state index contributed by atoms with van der Waals surface area (Å²) in [6.07, 6.45) is 0.698. The van der Waals surface area contributed by atoms with Crippen molar-refractivity contribution in [3.8, 4) is 0 Å². The van der Waals surface area contributed by atoms with Crippen molar-refractivity contribution in [2.75, 3.05) is 0 Å². The number of carboxylic acid groups (broad SMARTS) is 1. The van der Waals surface area contributed by atoms with E-state index in [9.17, 15) is 14.7 Å². The molecule has 1 aromatic carbocycles. The molecule has 4 nitrogen and oxygen atoms in total. The molecule has 1 rings (SSSR count). The van der Waals surface area contributed by atoms with E-state index in [1.807, 2.05) is 46.8 Å². The molecule has 0 saturated heterocycles. The molecular formula is C16H23NO3. The number of carbonyl (C=O) groups is 2. The number of hydrogen-bond acceptors (Lipinski definition) is 2. The number of aliphatic carboxylic acids is 1. The molecule has 1 aromatic rings. The summed E-state index contributed by atoms with van der Waals surface area (Å²) < 4.78 is 0. The quantitative estimate of drug-likeness (QED) is 0.869. The fourth-order valence-electron chi connectivity index (χ4n) is 2.43. The molecule has 20 heavy (non-hydrogen) atoms. The van der Waals surface area contributed by atoms with Crippen LogP contribution in [0.5, 0.6) is 0 Å². The Bertz CT molecular complexity index is 499. The van der Waals surface area contributed by atoms with Gasteiger partial charge in [-0.1, -0.05) is 38.0 Å². The van der Waals surface area contributed by atoms with Crippen molar-refractivity contribution in [2.24, 2.45) is 5.92 Å². The van der Waals surface area contributed by atoms with Gasteiger partial charge in [-0.2, -0.15) is 0 Å². The minimum absolute atomic E-state index is 0.109. The molecule has 1 amide bonds. The zero-order valence-electron chi connectivity index (χ0n) is 12.8. The van der Waals surface area contributed by atoms with Gasteiger partial charge in [-0.25, -0.2) is 4.79 Å². The smallest absolute Gasteiger partial charge is 0.326 e. The largest absolute Gasteiger partial charge is 0.480 e. The van der Waals surface area contributed by atoms with Crippen LogP contribution in [0.3, 0.4) is 0 Å². The van der Waals surface area contributed by atoms with Crippen molar-refractivity contribution < 1.29 is 14.7 Å². The molecule has 2 N–H and O–H groups in total. The average molecular weight is 277 g/mol. The molecule has 0 aliphatic heterocycles. The molecular weight excluding hydrogens is 254 g/mol. The van der Waals surface area contributed by atoms with Crippen molar-refractivity contribution in [3.05, 3.63) is 34.4 Å². The third-order valence-corrected chi connectivity index (χ3v) is 3.67. The highest BCUT2D eigenvalue weighted by Gasteiger charge is 2.26. The van der Waals surface area contributed by atoms with Crippen molar-refractivity contribution in [2.45, 2.75) is 47.1 Å². The van der Waals surface area contributed by atoms with E-state index < -0.39 is 12.0 Å². The first kappa shape index (κ1) is 16.2. The van der Waals surface area contributed by atoms with Crippen LogP contribution in [0.1, 0.15) is 47.3 Å². The van der Waals surface area contributed by atoms with Gasteiger partial charge in [0.05, 0.1) is 0 Å². The molecule has 0 aliphatic carbocycles. The molecule has 4 heteroatoms. The summed E-state index contributed by atoms with van der Waals surface area (Å²) in [6, 6.07) is 3.01. The number of amides is 1. The van der Waals surface area contributed by atoms with Gasteiger partial charge in [-0.3, -0.25) is 4.79 Å². The Hall–Kier alpha value is -1.84. The van der Waals surface area contributed by atoms with Crippen molar-refractivity contribution in [1.82, 2.24) is 5.32 Å². The lowest BCUT2D eigenvalue weighted by molar-refractivity contribution is -0.140. The van der Waals surface area contributed by atoms with Crippen LogP contribution in [0.4, 0.5) is 0 Å². The zero-order valence-corrected chi connectivity index (χ0v) is 12.8. The Balaban J connectivity index is 3.04. The van der Waals surface area contributed by atoms with Crippen LogP contribution in [-0.4, -0.2) is 23.0 Å². The van der Waals surface area contributed by atoms with Gasteiger partial charge in [0.2, 0.25) is 0 Å². The molecule has 0 radical (unpaired) electrons. The minimum Gasteiger partial charge on any atom is -0.480 e. The van der Waals surface area contributed by atoms with E-state index in [-0.39, 0.29) is 11.8 Å². The fourth-order valence-corrected chi connectivity index (χ4v) is 2.43. The summed E-state index contributed by atoms with van der Waals surface area (Å²) >= 11 is 0. The van der Waals surface area contributed by atoms with Gasteiger partial charge in [-0.15, -0.1) is 0 Å². The predicted octanol–water partition coefficient (Wildman–Crippen LogP) is 2.84. The van der Waals surface area contributed by atoms with E-state index in [1.165, 1.54) is 0 Å². The van der Waals surface area contributed by atoms with Crippen LogP contribution in [0.15, 0.2) is 12.1 Å². The Kier molecular flexibility index (Phi) is 5.31. The number of aryl methyl sites for hydroxylation is 3. The summed E-state index contributed by atoms with van der Waals surface area (Å²) in [4.78, 5) is 23.6. The molecule has 2 atom stereocenters. The van der Waals surface area contributed by atoms with Crippen LogP contribution in [0, 0.1) is 26.7 Å². The van der Waals surface area contributed by atoms with Gasteiger partial charge >= 0.3 is 5.97 Å². The van der Waals surface area contributed by atoms with Gasteiger partial charge in [0.25, 0.3) is 5.91 Å². The van der Waals surface area contributed by atoms with E-state index in [4.69, 9.17) is 0 Å². The number of benzene rings is 1. The van der Waals surface area contributed by atoms with Crippen LogP contribution < -0.4 is 5.32 Å². The van der Waals surface area contributed by atoms with Crippen LogP contribution >= 0.6 is 0 Å². The second-order valence-electron chi connectivity index (χ2n) is 5.45. The van der Waals surface area contributed by atoms with Crippen molar-refractivity contribution >= 4 is 11.9 Å². The van der Waals surface area contributed by atoms with E-state index in [2.05, 4.69) is 5.32 Å².